The molecule has 0 spiro atoms. The van der Waals surface area contributed by atoms with Gasteiger partial charge in [-0.1, -0.05) is 18.2 Å². The molecule has 0 atom stereocenters. The van der Waals surface area contributed by atoms with E-state index in [9.17, 15) is 9.18 Å². The Hall–Kier alpha value is -2.94. The number of hydrogen-bond acceptors (Lipinski definition) is 4. The molecule has 6 heteroatoms. The molecule has 1 aromatic carbocycles. The normalized spacial score (nSPS) is 9.90. The molecule has 0 aliphatic heterocycles. The van der Waals surface area contributed by atoms with Gasteiger partial charge in [0.25, 0.3) is 0 Å². The Bertz CT molecular complexity index is 683. The number of carboxylic acids is 1. The Labute approximate surface area is 120 Å². The molecule has 5 nitrogen and oxygen atoms in total. The Morgan fingerprint density at radius 1 is 1.33 bits per heavy atom. The molecule has 1 N–H and O–H groups in total. The molecular formula is C15H12FN3O2. The molecule has 0 fully saturated rings. The summed E-state index contributed by atoms with van der Waals surface area (Å²) in [5.74, 6) is -2.37. The van der Waals surface area contributed by atoms with Gasteiger partial charge in [0, 0.05) is 18.4 Å². The van der Waals surface area contributed by atoms with Crippen LogP contribution in [0.15, 0.2) is 42.6 Å². The van der Waals surface area contributed by atoms with E-state index in [4.69, 9.17) is 10.4 Å². The number of aromatic nitrogens is 1. The summed E-state index contributed by atoms with van der Waals surface area (Å²) in [5.41, 5.74) is 0.194. The van der Waals surface area contributed by atoms with E-state index in [0.717, 1.165) is 6.07 Å². The third kappa shape index (κ3) is 3.15. The highest BCUT2D eigenvalue weighted by Crippen LogP contribution is 2.27. The summed E-state index contributed by atoms with van der Waals surface area (Å²) in [6, 6.07) is 11.9. The average molecular weight is 285 g/mol. The number of carboxylic acid groups (broad SMARTS) is 1. The highest BCUT2D eigenvalue weighted by atomic mass is 19.1. The van der Waals surface area contributed by atoms with E-state index in [2.05, 4.69) is 4.98 Å². The summed E-state index contributed by atoms with van der Waals surface area (Å²) in [6.07, 6.45) is 1.40. The third-order valence-corrected chi connectivity index (χ3v) is 2.87. The summed E-state index contributed by atoms with van der Waals surface area (Å²) in [5, 5.41) is 17.7. The van der Waals surface area contributed by atoms with Gasteiger partial charge in [0.15, 0.2) is 11.6 Å². The molecule has 0 amide bonds. The molecule has 0 saturated heterocycles. The van der Waals surface area contributed by atoms with Gasteiger partial charge in [0.05, 0.1) is 12.5 Å². The fourth-order valence-corrected chi connectivity index (χ4v) is 1.91. The predicted octanol–water partition coefficient (Wildman–Crippen LogP) is 2.97. The molecule has 1 heterocycles. The van der Waals surface area contributed by atoms with Crippen LogP contribution in [0.1, 0.15) is 16.8 Å². The van der Waals surface area contributed by atoms with Crippen molar-refractivity contribution in [3.8, 4) is 6.07 Å². The van der Waals surface area contributed by atoms with Gasteiger partial charge in [-0.15, -0.1) is 0 Å². The van der Waals surface area contributed by atoms with Crippen molar-refractivity contribution in [2.45, 2.75) is 6.42 Å². The quantitative estimate of drug-likeness (QED) is 0.913. The van der Waals surface area contributed by atoms with Crippen LogP contribution in [0.2, 0.25) is 0 Å². The summed E-state index contributed by atoms with van der Waals surface area (Å²) in [6.45, 7) is 0.216. The van der Waals surface area contributed by atoms with Gasteiger partial charge in [-0.3, -0.25) is 0 Å². The minimum Gasteiger partial charge on any atom is -0.478 e. The first-order valence-corrected chi connectivity index (χ1v) is 6.22. The molecule has 0 saturated carbocycles. The lowest BCUT2D eigenvalue weighted by molar-refractivity contribution is 0.0691. The molecule has 0 bridgehead atoms. The molecule has 0 aliphatic carbocycles. The lowest BCUT2D eigenvalue weighted by atomic mass is 10.2. The van der Waals surface area contributed by atoms with Crippen LogP contribution >= 0.6 is 0 Å². The number of carbonyl (C=O) groups is 1. The van der Waals surface area contributed by atoms with E-state index < -0.39 is 17.3 Å². The van der Waals surface area contributed by atoms with Gasteiger partial charge in [0.2, 0.25) is 0 Å². The van der Waals surface area contributed by atoms with Crippen LogP contribution < -0.4 is 4.90 Å². The second-order valence-corrected chi connectivity index (χ2v) is 4.20. The predicted molar refractivity (Wildman–Crippen MR) is 74.8 cm³/mol. The lowest BCUT2D eigenvalue weighted by Gasteiger charge is -2.23. The van der Waals surface area contributed by atoms with Crippen LogP contribution in [0.4, 0.5) is 15.9 Å². The van der Waals surface area contributed by atoms with Crippen molar-refractivity contribution >= 4 is 17.5 Å². The van der Waals surface area contributed by atoms with E-state index in [0.29, 0.717) is 5.69 Å². The number of rotatable bonds is 5. The van der Waals surface area contributed by atoms with Gasteiger partial charge < -0.3 is 10.0 Å². The van der Waals surface area contributed by atoms with Crippen LogP contribution in [0, 0.1) is 17.1 Å². The molecule has 106 valence electrons. The number of nitriles is 1. The Morgan fingerprint density at radius 3 is 2.67 bits per heavy atom. The number of pyridine rings is 1. The largest absolute Gasteiger partial charge is 0.478 e. The first kappa shape index (κ1) is 14.5. The molecular weight excluding hydrogens is 273 g/mol. The van der Waals surface area contributed by atoms with Crippen molar-refractivity contribution in [1.29, 1.82) is 5.26 Å². The van der Waals surface area contributed by atoms with Gasteiger partial charge in [-0.25, -0.2) is 14.2 Å². The summed E-state index contributed by atoms with van der Waals surface area (Å²) >= 11 is 0. The smallest absolute Gasteiger partial charge is 0.338 e. The van der Waals surface area contributed by atoms with Crippen LogP contribution in [0.5, 0.6) is 0 Å². The average Bonchev–Trinajstić information content (AvgIpc) is 2.50. The van der Waals surface area contributed by atoms with Crippen molar-refractivity contribution in [3.05, 3.63) is 54.0 Å². The van der Waals surface area contributed by atoms with E-state index in [1.54, 1.807) is 24.3 Å². The lowest BCUT2D eigenvalue weighted by Crippen LogP contribution is -2.21. The van der Waals surface area contributed by atoms with Gasteiger partial charge in [0.1, 0.15) is 5.56 Å². The minimum absolute atomic E-state index is 0.101. The van der Waals surface area contributed by atoms with Crippen molar-refractivity contribution in [3.63, 3.8) is 0 Å². The molecule has 0 unspecified atom stereocenters. The number of para-hydroxylation sites is 1. The SMILES string of the molecule is N#CCCN(c1ccccc1)c1nccc(C(=O)O)c1F. The van der Waals surface area contributed by atoms with Gasteiger partial charge in [-0.05, 0) is 18.2 Å². The molecule has 21 heavy (non-hydrogen) atoms. The number of anilines is 2. The maximum atomic E-state index is 14.3. The van der Waals surface area contributed by atoms with Crippen LogP contribution in [0.25, 0.3) is 0 Å². The van der Waals surface area contributed by atoms with E-state index in [1.807, 2.05) is 12.1 Å². The van der Waals surface area contributed by atoms with E-state index >= 15 is 0 Å². The Kier molecular flexibility index (Phi) is 4.46. The van der Waals surface area contributed by atoms with E-state index in [-0.39, 0.29) is 18.8 Å². The Balaban J connectivity index is 2.50. The maximum Gasteiger partial charge on any atom is 0.338 e. The zero-order valence-electron chi connectivity index (χ0n) is 11.0. The monoisotopic (exact) mass is 285 g/mol. The number of nitrogens with zero attached hydrogens (tertiary/aromatic N) is 3. The molecule has 1 aromatic heterocycles. The summed E-state index contributed by atoms with van der Waals surface area (Å²) in [7, 11) is 0. The second kappa shape index (κ2) is 6.48. The fourth-order valence-electron chi connectivity index (χ4n) is 1.91. The van der Waals surface area contributed by atoms with Crippen LogP contribution in [0.3, 0.4) is 0 Å². The Morgan fingerprint density at radius 2 is 2.05 bits per heavy atom. The molecule has 0 radical (unpaired) electrons. The molecule has 0 aliphatic rings. The van der Waals surface area contributed by atoms with Crippen LogP contribution in [-0.2, 0) is 0 Å². The van der Waals surface area contributed by atoms with Crippen molar-refractivity contribution in [2.75, 3.05) is 11.4 Å². The van der Waals surface area contributed by atoms with Crippen LogP contribution in [-0.4, -0.2) is 22.6 Å². The molecule has 2 aromatic rings. The fraction of sp³-hybridized carbons (Fsp3) is 0.133. The first-order valence-electron chi connectivity index (χ1n) is 6.22. The topological polar surface area (TPSA) is 77.2 Å². The van der Waals surface area contributed by atoms with Crippen molar-refractivity contribution in [2.24, 2.45) is 0 Å². The summed E-state index contributed by atoms with van der Waals surface area (Å²) < 4.78 is 14.3. The maximum absolute atomic E-state index is 14.3. The van der Waals surface area contributed by atoms with Crippen molar-refractivity contribution in [1.82, 2.24) is 4.98 Å². The number of aromatic carboxylic acids is 1. The van der Waals surface area contributed by atoms with Gasteiger partial charge in [-0.2, -0.15) is 5.26 Å². The van der Waals surface area contributed by atoms with Crippen molar-refractivity contribution < 1.29 is 14.3 Å². The minimum atomic E-state index is -1.36. The number of benzene rings is 1. The number of hydrogen-bond donors (Lipinski definition) is 1. The highest BCUT2D eigenvalue weighted by Gasteiger charge is 2.20. The highest BCUT2D eigenvalue weighted by molar-refractivity contribution is 5.89. The van der Waals surface area contributed by atoms with E-state index in [1.165, 1.54) is 11.1 Å². The van der Waals surface area contributed by atoms with Gasteiger partial charge >= 0.3 is 5.97 Å². The number of halogens is 1. The second-order valence-electron chi connectivity index (χ2n) is 4.20. The molecule has 2 rings (SSSR count). The standard InChI is InChI=1S/C15H12FN3O2/c16-13-12(15(20)21)7-9-18-14(13)19(10-4-8-17)11-5-2-1-3-6-11/h1-3,5-7,9H,4,10H2,(H,20,21). The first-order chi connectivity index (χ1) is 10.1. The summed E-state index contributed by atoms with van der Waals surface area (Å²) in [4.78, 5) is 16.4. The third-order valence-electron chi connectivity index (χ3n) is 2.87. The zero-order valence-corrected chi connectivity index (χ0v) is 11.0. The zero-order chi connectivity index (χ0) is 15.2.